The highest BCUT2D eigenvalue weighted by molar-refractivity contribution is 9.10. The van der Waals surface area contributed by atoms with Crippen molar-refractivity contribution in [2.75, 3.05) is 11.1 Å². The van der Waals surface area contributed by atoms with Crippen LogP contribution in [0.4, 0.5) is 16.4 Å². The van der Waals surface area contributed by atoms with Gasteiger partial charge in [0.15, 0.2) is 0 Å². The van der Waals surface area contributed by atoms with Crippen LogP contribution in [0.5, 0.6) is 0 Å². The van der Waals surface area contributed by atoms with E-state index in [1.807, 2.05) is 0 Å². The lowest BCUT2D eigenvalue weighted by Gasteiger charge is -2.29. The monoisotopic (exact) mass is 438 g/mol. The molecule has 0 aliphatic heterocycles. The lowest BCUT2D eigenvalue weighted by molar-refractivity contribution is -0.120. The number of ether oxygens (including phenoxy) is 1. The van der Waals surface area contributed by atoms with E-state index in [2.05, 4.69) is 31.5 Å². The van der Waals surface area contributed by atoms with Gasteiger partial charge in [-0.3, -0.25) is 4.79 Å². The third kappa shape index (κ3) is 5.57. The van der Waals surface area contributed by atoms with Crippen LogP contribution in [-0.4, -0.2) is 28.6 Å². The van der Waals surface area contributed by atoms with Gasteiger partial charge in [0.05, 0.1) is 4.47 Å². The Labute approximate surface area is 167 Å². The number of carbonyl (C=O) groups excluding carboxylic acids is 2. The molecular weight excluding hydrogens is 412 g/mol. The van der Waals surface area contributed by atoms with E-state index in [1.54, 1.807) is 32.9 Å². The van der Waals surface area contributed by atoms with Gasteiger partial charge in [0, 0.05) is 0 Å². The fourth-order valence-electron chi connectivity index (χ4n) is 3.39. The van der Waals surface area contributed by atoms with Crippen molar-refractivity contribution < 1.29 is 14.3 Å². The summed E-state index contributed by atoms with van der Waals surface area (Å²) in [6.07, 6.45) is 3.83. The third-order valence-corrected chi connectivity index (χ3v) is 5.47. The SMILES string of the molecule is CC(C)(C)OC(=O)NC(C(=O)Nc1ccc(Br)c(N)n1)C(C1CC1)C1CC1. The molecule has 148 valence electrons. The fraction of sp³-hybridized carbons (Fsp3) is 0.632. The number of carbonyl (C=O) groups is 2. The average Bonchev–Trinajstić information content (AvgIpc) is 3.42. The van der Waals surface area contributed by atoms with Gasteiger partial charge >= 0.3 is 6.09 Å². The van der Waals surface area contributed by atoms with Gasteiger partial charge < -0.3 is 21.1 Å². The number of alkyl carbamates (subject to hydrolysis) is 1. The summed E-state index contributed by atoms with van der Waals surface area (Å²) in [6, 6.07) is 2.76. The normalized spacial score (nSPS) is 18.1. The number of halogens is 1. The van der Waals surface area contributed by atoms with Gasteiger partial charge in [-0.15, -0.1) is 0 Å². The molecule has 0 aromatic carbocycles. The number of nitrogens with two attached hydrogens (primary N) is 1. The number of pyridine rings is 1. The maximum absolute atomic E-state index is 13.0. The van der Waals surface area contributed by atoms with Crippen molar-refractivity contribution in [3.8, 4) is 0 Å². The standard InChI is InChI=1S/C19H27BrN4O3/c1-19(2,3)27-18(26)24-15(14(10-4-5-10)11-6-7-11)17(25)23-13-9-8-12(20)16(21)22-13/h8-11,14-15H,4-7H2,1-3H3,(H,24,26)(H3,21,22,23,25). The van der Waals surface area contributed by atoms with Crippen molar-refractivity contribution in [1.29, 1.82) is 0 Å². The first-order valence-corrected chi connectivity index (χ1v) is 10.2. The molecular formula is C19H27BrN4O3. The Kier molecular flexibility index (Phi) is 5.65. The summed E-state index contributed by atoms with van der Waals surface area (Å²) >= 11 is 3.29. The fourth-order valence-corrected chi connectivity index (χ4v) is 3.61. The van der Waals surface area contributed by atoms with E-state index in [0.717, 1.165) is 25.7 Å². The molecule has 3 rings (SSSR count). The second kappa shape index (κ2) is 7.66. The van der Waals surface area contributed by atoms with Crippen molar-refractivity contribution in [2.45, 2.75) is 58.1 Å². The molecule has 1 unspecified atom stereocenters. The van der Waals surface area contributed by atoms with Crippen molar-refractivity contribution in [3.05, 3.63) is 16.6 Å². The summed E-state index contributed by atoms with van der Waals surface area (Å²) in [5, 5.41) is 5.62. The van der Waals surface area contributed by atoms with E-state index in [0.29, 0.717) is 27.9 Å². The second-order valence-corrected chi connectivity index (χ2v) is 9.28. The lowest BCUT2D eigenvalue weighted by Crippen LogP contribution is -2.51. The van der Waals surface area contributed by atoms with Crippen molar-refractivity contribution in [2.24, 2.45) is 17.8 Å². The number of anilines is 2. The molecule has 0 saturated heterocycles. The van der Waals surface area contributed by atoms with Crippen molar-refractivity contribution in [3.63, 3.8) is 0 Å². The Hall–Kier alpha value is -1.83. The van der Waals surface area contributed by atoms with E-state index in [-0.39, 0.29) is 11.8 Å². The van der Waals surface area contributed by atoms with E-state index in [1.165, 1.54) is 0 Å². The molecule has 2 aliphatic carbocycles. The maximum Gasteiger partial charge on any atom is 0.408 e. The Morgan fingerprint density at radius 1 is 1.22 bits per heavy atom. The van der Waals surface area contributed by atoms with Gasteiger partial charge in [-0.25, -0.2) is 9.78 Å². The summed E-state index contributed by atoms with van der Waals surface area (Å²) in [5.41, 5.74) is 5.18. The predicted molar refractivity (Wildman–Crippen MR) is 107 cm³/mol. The summed E-state index contributed by atoms with van der Waals surface area (Å²) in [7, 11) is 0. The number of rotatable bonds is 6. The third-order valence-electron chi connectivity index (χ3n) is 4.80. The first-order valence-electron chi connectivity index (χ1n) is 9.36. The highest BCUT2D eigenvalue weighted by atomic mass is 79.9. The van der Waals surface area contributed by atoms with Gasteiger partial charge in [0.1, 0.15) is 23.3 Å². The Morgan fingerprint density at radius 2 is 1.81 bits per heavy atom. The summed E-state index contributed by atoms with van der Waals surface area (Å²) in [6.45, 7) is 5.40. The van der Waals surface area contributed by atoms with Crippen LogP contribution in [-0.2, 0) is 9.53 Å². The van der Waals surface area contributed by atoms with Crippen LogP contribution < -0.4 is 16.4 Å². The molecule has 2 fully saturated rings. The van der Waals surface area contributed by atoms with Crippen LogP contribution in [0, 0.1) is 17.8 Å². The number of nitrogens with one attached hydrogen (secondary N) is 2. The van der Waals surface area contributed by atoms with Gasteiger partial charge in [-0.1, -0.05) is 0 Å². The van der Waals surface area contributed by atoms with Crippen LogP contribution in [0.3, 0.4) is 0 Å². The molecule has 1 atom stereocenters. The molecule has 1 aromatic rings. The summed E-state index contributed by atoms with van der Waals surface area (Å²) in [4.78, 5) is 29.6. The number of hydrogen-bond acceptors (Lipinski definition) is 5. The average molecular weight is 439 g/mol. The Morgan fingerprint density at radius 3 is 2.30 bits per heavy atom. The number of nitrogens with zero attached hydrogens (tertiary/aromatic N) is 1. The van der Waals surface area contributed by atoms with Gasteiger partial charge in [0.25, 0.3) is 0 Å². The molecule has 0 bridgehead atoms. The predicted octanol–water partition coefficient (Wildman–Crippen LogP) is 3.69. The molecule has 4 N–H and O–H groups in total. The molecule has 1 heterocycles. The zero-order valence-corrected chi connectivity index (χ0v) is 17.5. The minimum atomic E-state index is -0.647. The first-order chi connectivity index (χ1) is 12.6. The molecule has 2 saturated carbocycles. The van der Waals surface area contributed by atoms with E-state index >= 15 is 0 Å². The number of hydrogen-bond donors (Lipinski definition) is 3. The van der Waals surface area contributed by atoms with Gasteiger partial charge in [0.2, 0.25) is 5.91 Å². The molecule has 0 radical (unpaired) electrons. The first kappa shape index (κ1) is 19.9. The molecule has 0 spiro atoms. The van der Waals surface area contributed by atoms with Gasteiger partial charge in [-0.05, 0) is 92.3 Å². The highest BCUT2D eigenvalue weighted by Gasteiger charge is 2.48. The molecule has 27 heavy (non-hydrogen) atoms. The quantitative estimate of drug-likeness (QED) is 0.627. The second-order valence-electron chi connectivity index (χ2n) is 8.43. The molecule has 8 heteroatoms. The number of aromatic nitrogens is 1. The molecule has 1 aromatic heterocycles. The van der Waals surface area contributed by atoms with Crippen LogP contribution in [0.15, 0.2) is 16.6 Å². The zero-order chi connectivity index (χ0) is 19.8. The van der Waals surface area contributed by atoms with Crippen LogP contribution in [0.1, 0.15) is 46.5 Å². The molecule has 2 amide bonds. The molecule has 2 aliphatic rings. The van der Waals surface area contributed by atoms with E-state index < -0.39 is 17.7 Å². The Bertz CT molecular complexity index is 714. The van der Waals surface area contributed by atoms with E-state index in [9.17, 15) is 9.59 Å². The van der Waals surface area contributed by atoms with Crippen molar-refractivity contribution in [1.82, 2.24) is 10.3 Å². The smallest absolute Gasteiger partial charge is 0.408 e. The minimum Gasteiger partial charge on any atom is -0.444 e. The van der Waals surface area contributed by atoms with Crippen LogP contribution >= 0.6 is 15.9 Å². The number of nitrogen functional groups attached to an aromatic ring is 1. The number of amides is 2. The Balaban J connectivity index is 1.76. The summed E-state index contributed by atoms with van der Waals surface area (Å²) < 4.78 is 6.05. The van der Waals surface area contributed by atoms with Crippen LogP contribution in [0.2, 0.25) is 0 Å². The van der Waals surface area contributed by atoms with Crippen LogP contribution in [0.25, 0.3) is 0 Å². The van der Waals surface area contributed by atoms with E-state index in [4.69, 9.17) is 10.5 Å². The zero-order valence-electron chi connectivity index (χ0n) is 15.9. The largest absolute Gasteiger partial charge is 0.444 e. The van der Waals surface area contributed by atoms with Gasteiger partial charge in [-0.2, -0.15) is 0 Å². The maximum atomic E-state index is 13.0. The summed E-state index contributed by atoms with van der Waals surface area (Å²) in [5.74, 6) is 1.47. The highest BCUT2D eigenvalue weighted by Crippen LogP contribution is 2.50. The van der Waals surface area contributed by atoms with Crippen molar-refractivity contribution >= 4 is 39.6 Å². The minimum absolute atomic E-state index is 0.130. The lowest BCUT2D eigenvalue weighted by atomic mass is 9.89. The topological polar surface area (TPSA) is 106 Å². The molecule has 7 nitrogen and oxygen atoms in total.